The first-order valence-electron chi connectivity index (χ1n) is 10.5. The Morgan fingerprint density at radius 2 is 1.32 bits per heavy atom. The quantitative estimate of drug-likeness (QED) is 0.252. The molecule has 0 aromatic heterocycles. The Kier molecular flexibility index (Phi) is 14.5. The standard InChI is InChI=1S/C22H44O3/c1-5-21(6-2,15-17-23)13-9-11-19-25-20-12-10-14-22(7-3,8-4)16-18-24/h5,23-24H,1,6-20H2,2-4H3. The van der Waals surface area contributed by atoms with Crippen molar-refractivity contribution in [2.75, 3.05) is 26.4 Å². The molecule has 1 unspecified atom stereocenters. The summed E-state index contributed by atoms with van der Waals surface area (Å²) in [6.45, 7) is 12.8. The van der Waals surface area contributed by atoms with E-state index < -0.39 is 0 Å². The molecule has 0 aromatic rings. The minimum atomic E-state index is 0.102. The van der Waals surface area contributed by atoms with Crippen molar-refractivity contribution < 1.29 is 14.9 Å². The molecule has 2 N–H and O–H groups in total. The lowest BCUT2D eigenvalue weighted by Crippen LogP contribution is -2.20. The molecule has 0 aliphatic rings. The zero-order valence-corrected chi connectivity index (χ0v) is 17.2. The lowest BCUT2D eigenvalue weighted by molar-refractivity contribution is 0.111. The van der Waals surface area contributed by atoms with Crippen molar-refractivity contribution in [2.24, 2.45) is 10.8 Å². The van der Waals surface area contributed by atoms with Gasteiger partial charge in [0.05, 0.1) is 0 Å². The fourth-order valence-corrected chi connectivity index (χ4v) is 3.86. The summed E-state index contributed by atoms with van der Waals surface area (Å²) in [5, 5.41) is 18.5. The molecule has 0 saturated heterocycles. The largest absolute Gasteiger partial charge is 0.396 e. The van der Waals surface area contributed by atoms with Crippen molar-refractivity contribution in [1.82, 2.24) is 0 Å². The zero-order chi connectivity index (χ0) is 19.0. The Hall–Kier alpha value is -0.380. The molecule has 0 aliphatic heterocycles. The average Bonchev–Trinajstić information content (AvgIpc) is 2.65. The third-order valence-electron chi connectivity index (χ3n) is 6.35. The van der Waals surface area contributed by atoms with Crippen LogP contribution in [-0.4, -0.2) is 36.6 Å². The Bertz CT molecular complexity index is 312. The van der Waals surface area contributed by atoms with Crippen LogP contribution in [0, 0.1) is 10.8 Å². The number of allylic oxidation sites excluding steroid dienone is 1. The highest BCUT2D eigenvalue weighted by molar-refractivity contribution is 4.93. The van der Waals surface area contributed by atoms with Crippen LogP contribution in [0.3, 0.4) is 0 Å². The molecule has 0 spiro atoms. The molecule has 150 valence electrons. The number of aliphatic hydroxyl groups is 2. The predicted molar refractivity (Wildman–Crippen MR) is 108 cm³/mol. The first-order valence-corrected chi connectivity index (χ1v) is 10.5. The lowest BCUT2D eigenvalue weighted by atomic mass is 9.75. The van der Waals surface area contributed by atoms with Gasteiger partial charge in [0.2, 0.25) is 0 Å². The van der Waals surface area contributed by atoms with Gasteiger partial charge in [-0.2, -0.15) is 0 Å². The molecule has 0 aromatic carbocycles. The van der Waals surface area contributed by atoms with Gasteiger partial charge in [0, 0.05) is 26.4 Å². The topological polar surface area (TPSA) is 49.7 Å². The maximum absolute atomic E-state index is 9.27. The van der Waals surface area contributed by atoms with Gasteiger partial charge in [-0.3, -0.25) is 0 Å². The van der Waals surface area contributed by atoms with Crippen molar-refractivity contribution in [3.05, 3.63) is 12.7 Å². The maximum Gasteiger partial charge on any atom is 0.0466 e. The molecule has 0 aliphatic carbocycles. The first kappa shape index (κ1) is 24.6. The SMILES string of the molecule is C=CC(CC)(CCO)CCCCOCCCCC(CC)(CC)CCO. The van der Waals surface area contributed by atoms with Gasteiger partial charge in [0.25, 0.3) is 0 Å². The Morgan fingerprint density at radius 1 is 0.760 bits per heavy atom. The predicted octanol–water partition coefficient (Wildman–Crippen LogP) is 5.50. The van der Waals surface area contributed by atoms with Crippen LogP contribution in [0.5, 0.6) is 0 Å². The highest BCUT2D eigenvalue weighted by Gasteiger charge is 2.24. The van der Waals surface area contributed by atoms with Gasteiger partial charge in [-0.1, -0.05) is 52.5 Å². The van der Waals surface area contributed by atoms with E-state index in [9.17, 15) is 10.2 Å². The van der Waals surface area contributed by atoms with Gasteiger partial charge in [-0.15, -0.1) is 6.58 Å². The summed E-state index contributed by atoms with van der Waals surface area (Å²) in [7, 11) is 0. The summed E-state index contributed by atoms with van der Waals surface area (Å²) in [4.78, 5) is 0. The number of rotatable bonds is 18. The van der Waals surface area contributed by atoms with Crippen LogP contribution in [0.1, 0.15) is 91.4 Å². The van der Waals surface area contributed by atoms with Gasteiger partial charge in [0.1, 0.15) is 0 Å². The molecule has 1 atom stereocenters. The van der Waals surface area contributed by atoms with E-state index in [0.717, 1.165) is 71.0 Å². The Morgan fingerprint density at radius 3 is 1.76 bits per heavy atom. The van der Waals surface area contributed by atoms with Gasteiger partial charge in [-0.25, -0.2) is 0 Å². The fourth-order valence-electron chi connectivity index (χ4n) is 3.86. The molecule has 0 bridgehead atoms. The van der Waals surface area contributed by atoms with E-state index in [4.69, 9.17) is 4.74 Å². The summed E-state index contributed by atoms with van der Waals surface area (Å²) in [5.41, 5.74) is 0.431. The number of aliphatic hydroxyl groups excluding tert-OH is 2. The van der Waals surface area contributed by atoms with E-state index in [1.807, 2.05) is 6.08 Å². The molecule has 0 heterocycles. The third kappa shape index (κ3) is 9.77. The van der Waals surface area contributed by atoms with Crippen LogP contribution < -0.4 is 0 Å². The van der Waals surface area contributed by atoms with Crippen LogP contribution in [-0.2, 0) is 4.74 Å². The number of hydrogen-bond acceptors (Lipinski definition) is 3. The number of unbranched alkanes of at least 4 members (excludes halogenated alkanes) is 2. The second kappa shape index (κ2) is 14.8. The van der Waals surface area contributed by atoms with Gasteiger partial charge < -0.3 is 14.9 Å². The summed E-state index contributed by atoms with van der Waals surface area (Å²) < 4.78 is 5.79. The van der Waals surface area contributed by atoms with Gasteiger partial charge in [0.15, 0.2) is 0 Å². The van der Waals surface area contributed by atoms with Crippen molar-refractivity contribution in [2.45, 2.75) is 91.4 Å². The van der Waals surface area contributed by atoms with Crippen molar-refractivity contribution >= 4 is 0 Å². The minimum absolute atomic E-state index is 0.102. The van der Waals surface area contributed by atoms with Crippen LogP contribution in [0.4, 0.5) is 0 Å². The van der Waals surface area contributed by atoms with E-state index in [1.54, 1.807) is 0 Å². The summed E-state index contributed by atoms with van der Waals surface area (Å²) >= 11 is 0. The molecule has 0 rings (SSSR count). The second-order valence-corrected chi connectivity index (χ2v) is 7.60. The highest BCUT2D eigenvalue weighted by Crippen LogP contribution is 2.36. The average molecular weight is 357 g/mol. The fraction of sp³-hybridized carbons (Fsp3) is 0.909. The second-order valence-electron chi connectivity index (χ2n) is 7.60. The van der Waals surface area contributed by atoms with Crippen LogP contribution in [0.2, 0.25) is 0 Å². The van der Waals surface area contributed by atoms with Crippen molar-refractivity contribution in [3.8, 4) is 0 Å². The van der Waals surface area contributed by atoms with Crippen molar-refractivity contribution in [1.29, 1.82) is 0 Å². The van der Waals surface area contributed by atoms with Crippen molar-refractivity contribution in [3.63, 3.8) is 0 Å². The van der Waals surface area contributed by atoms with E-state index in [2.05, 4.69) is 27.4 Å². The Labute approximate surface area is 156 Å². The van der Waals surface area contributed by atoms with Crippen LogP contribution >= 0.6 is 0 Å². The van der Waals surface area contributed by atoms with Gasteiger partial charge >= 0.3 is 0 Å². The molecular formula is C22H44O3. The van der Waals surface area contributed by atoms with E-state index in [1.165, 1.54) is 12.8 Å². The normalized spacial score (nSPS) is 14.4. The molecule has 0 amide bonds. The number of hydrogen-bond donors (Lipinski definition) is 2. The van der Waals surface area contributed by atoms with E-state index >= 15 is 0 Å². The zero-order valence-electron chi connectivity index (χ0n) is 17.2. The minimum Gasteiger partial charge on any atom is -0.396 e. The molecule has 0 fully saturated rings. The summed E-state index contributed by atoms with van der Waals surface area (Å²) in [5.74, 6) is 0. The third-order valence-corrected chi connectivity index (χ3v) is 6.35. The molecule has 3 heteroatoms. The molecule has 25 heavy (non-hydrogen) atoms. The number of ether oxygens (including phenoxy) is 1. The first-order chi connectivity index (χ1) is 12.1. The van der Waals surface area contributed by atoms with E-state index in [0.29, 0.717) is 12.0 Å². The summed E-state index contributed by atoms with van der Waals surface area (Å²) in [6, 6.07) is 0. The summed E-state index contributed by atoms with van der Waals surface area (Å²) in [6.07, 6.45) is 13.9. The molecule has 3 nitrogen and oxygen atoms in total. The maximum atomic E-state index is 9.27. The molecular weight excluding hydrogens is 312 g/mol. The van der Waals surface area contributed by atoms with Crippen LogP contribution in [0.25, 0.3) is 0 Å². The smallest absolute Gasteiger partial charge is 0.0466 e. The highest BCUT2D eigenvalue weighted by atomic mass is 16.5. The van der Waals surface area contributed by atoms with E-state index in [-0.39, 0.29) is 12.0 Å². The molecule has 0 radical (unpaired) electrons. The lowest BCUT2D eigenvalue weighted by Gasteiger charge is -2.31. The van der Waals surface area contributed by atoms with Crippen LogP contribution in [0.15, 0.2) is 12.7 Å². The monoisotopic (exact) mass is 356 g/mol. The molecule has 0 saturated carbocycles. The Balaban J connectivity index is 3.78. The van der Waals surface area contributed by atoms with Gasteiger partial charge in [-0.05, 0) is 55.8 Å².